The van der Waals surface area contributed by atoms with Gasteiger partial charge in [-0.25, -0.2) is 0 Å². The van der Waals surface area contributed by atoms with Gasteiger partial charge in [0.2, 0.25) is 5.91 Å². The smallest absolute Gasteiger partial charge is 0.264 e. The van der Waals surface area contributed by atoms with Crippen LogP contribution in [-0.4, -0.2) is 25.5 Å². The lowest BCUT2D eigenvalue weighted by Gasteiger charge is -2.17. The third kappa shape index (κ3) is 4.13. The lowest BCUT2D eigenvalue weighted by molar-refractivity contribution is -0.120. The Kier molecular flexibility index (Phi) is 4.79. The molecule has 0 atom stereocenters. The molecule has 0 unspecified atom stereocenters. The Morgan fingerprint density at radius 1 is 1.12 bits per heavy atom. The largest absolute Gasteiger partial charge is 0.484 e. The molecule has 0 spiro atoms. The number of benzene rings is 2. The van der Waals surface area contributed by atoms with Gasteiger partial charge in [-0.05, 0) is 37.1 Å². The van der Waals surface area contributed by atoms with Crippen LogP contribution >= 0.6 is 0 Å². The third-order valence-corrected chi connectivity index (χ3v) is 3.93. The van der Waals surface area contributed by atoms with E-state index in [1.807, 2.05) is 36.4 Å². The maximum atomic E-state index is 12.2. The number of anilines is 2. The van der Waals surface area contributed by atoms with Crippen molar-refractivity contribution < 1.29 is 14.3 Å². The molecule has 2 aromatic carbocycles. The van der Waals surface area contributed by atoms with E-state index in [1.54, 1.807) is 30.1 Å². The van der Waals surface area contributed by atoms with Gasteiger partial charge < -0.3 is 15.0 Å². The number of hydrogen-bond donors (Lipinski definition) is 1. The Hall–Kier alpha value is -2.82. The molecule has 1 N–H and O–H groups in total. The molecular weight excluding hydrogens is 304 g/mol. The van der Waals surface area contributed by atoms with Gasteiger partial charge in [0, 0.05) is 30.4 Å². The summed E-state index contributed by atoms with van der Waals surface area (Å²) in [5, 5.41) is 2.87. The number of para-hydroxylation sites is 1. The van der Waals surface area contributed by atoms with E-state index in [4.69, 9.17) is 4.74 Å². The minimum Gasteiger partial charge on any atom is -0.484 e. The predicted molar refractivity (Wildman–Crippen MR) is 93.1 cm³/mol. The highest BCUT2D eigenvalue weighted by Gasteiger charge is 2.29. The summed E-state index contributed by atoms with van der Waals surface area (Å²) in [5.41, 5.74) is 1.50. The second kappa shape index (κ2) is 7.17. The van der Waals surface area contributed by atoms with Crippen LogP contribution in [0.15, 0.2) is 54.6 Å². The molecule has 5 nitrogen and oxygen atoms in total. The van der Waals surface area contributed by atoms with Gasteiger partial charge in [0.1, 0.15) is 5.75 Å². The Labute approximate surface area is 141 Å². The van der Waals surface area contributed by atoms with E-state index < -0.39 is 0 Å². The number of carbonyl (C=O) groups excluding carboxylic acids is 2. The van der Waals surface area contributed by atoms with Crippen molar-refractivity contribution in [2.45, 2.75) is 12.8 Å². The third-order valence-electron chi connectivity index (χ3n) is 3.93. The van der Waals surface area contributed by atoms with Gasteiger partial charge in [0.05, 0.1) is 0 Å². The van der Waals surface area contributed by atoms with E-state index in [0.29, 0.717) is 11.4 Å². The van der Waals surface area contributed by atoms with E-state index in [1.165, 1.54) is 0 Å². The average Bonchev–Trinajstić information content (AvgIpc) is 3.45. The Balaban J connectivity index is 1.56. The first kappa shape index (κ1) is 16.1. The van der Waals surface area contributed by atoms with Crippen LogP contribution in [0.2, 0.25) is 0 Å². The van der Waals surface area contributed by atoms with Gasteiger partial charge in [0.25, 0.3) is 5.91 Å². The van der Waals surface area contributed by atoms with Crippen LogP contribution in [0, 0.1) is 5.92 Å². The summed E-state index contributed by atoms with van der Waals surface area (Å²) >= 11 is 0. The molecule has 0 saturated heterocycles. The molecule has 3 rings (SSSR count). The molecule has 0 bridgehead atoms. The lowest BCUT2D eigenvalue weighted by Crippen LogP contribution is -2.31. The highest BCUT2D eigenvalue weighted by Crippen LogP contribution is 2.30. The van der Waals surface area contributed by atoms with E-state index >= 15 is 0 Å². The van der Waals surface area contributed by atoms with Gasteiger partial charge in [-0.2, -0.15) is 0 Å². The SMILES string of the molecule is CN(C(=O)COc1cccc(NC(=O)C2CC2)c1)c1ccccc1. The molecule has 5 heteroatoms. The van der Waals surface area contributed by atoms with E-state index in [-0.39, 0.29) is 24.3 Å². The summed E-state index contributed by atoms with van der Waals surface area (Å²) < 4.78 is 5.57. The van der Waals surface area contributed by atoms with Crippen LogP contribution in [0.4, 0.5) is 11.4 Å². The second-order valence-electron chi connectivity index (χ2n) is 5.87. The Bertz CT molecular complexity index is 726. The van der Waals surface area contributed by atoms with Crippen molar-refractivity contribution in [3.63, 3.8) is 0 Å². The first-order chi connectivity index (χ1) is 11.6. The number of nitrogens with zero attached hydrogens (tertiary/aromatic N) is 1. The summed E-state index contributed by atoms with van der Waals surface area (Å²) in [6.07, 6.45) is 1.92. The fourth-order valence-electron chi connectivity index (χ4n) is 2.29. The fourth-order valence-corrected chi connectivity index (χ4v) is 2.29. The standard InChI is InChI=1S/C19H20N2O3/c1-21(16-7-3-2-4-8-16)18(22)13-24-17-9-5-6-15(12-17)20-19(23)14-10-11-14/h2-9,12,14H,10-11,13H2,1H3,(H,20,23). The molecule has 1 fully saturated rings. The molecule has 1 saturated carbocycles. The van der Waals surface area contributed by atoms with Gasteiger partial charge in [-0.3, -0.25) is 9.59 Å². The van der Waals surface area contributed by atoms with Crippen molar-refractivity contribution in [2.24, 2.45) is 5.92 Å². The number of carbonyl (C=O) groups is 2. The van der Waals surface area contributed by atoms with Crippen LogP contribution in [0.3, 0.4) is 0 Å². The maximum absolute atomic E-state index is 12.2. The molecule has 2 amide bonds. The molecule has 24 heavy (non-hydrogen) atoms. The highest BCUT2D eigenvalue weighted by atomic mass is 16.5. The van der Waals surface area contributed by atoms with Crippen molar-refractivity contribution in [3.8, 4) is 5.75 Å². The number of amides is 2. The molecule has 1 aliphatic rings. The van der Waals surface area contributed by atoms with Crippen LogP contribution in [-0.2, 0) is 9.59 Å². The van der Waals surface area contributed by atoms with Crippen LogP contribution in [0.1, 0.15) is 12.8 Å². The van der Waals surface area contributed by atoms with Gasteiger partial charge >= 0.3 is 0 Å². The number of ether oxygens (including phenoxy) is 1. The van der Waals surface area contributed by atoms with E-state index in [2.05, 4.69) is 5.32 Å². The minimum absolute atomic E-state index is 0.0482. The van der Waals surface area contributed by atoms with Crippen molar-refractivity contribution in [1.29, 1.82) is 0 Å². The maximum Gasteiger partial charge on any atom is 0.264 e. The minimum atomic E-state index is -0.145. The zero-order chi connectivity index (χ0) is 16.9. The van der Waals surface area contributed by atoms with Crippen LogP contribution in [0.25, 0.3) is 0 Å². The fraction of sp³-hybridized carbons (Fsp3) is 0.263. The molecule has 0 aliphatic heterocycles. The lowest BCUT2D eigenvalue weighted by atomic mass is 10.3. The average molecular weight is 324 g/mol. The summed E-state index contributed by atoms with van der Waals surface area (Å²) in [6, 6.07) is 16.5. The monoisotopic (exact) mass is 324 g/mol. The molecule has 1 aliphatic carbocycles. The molecule has 0 aromatic heterocycles. The first-order valence-electron chi connectivity index (χ1n) is 7.99. The zero-order valence-corrected chi connectivity index (χ0v) is 13.6. The van der Waals surface area contributed by atoms with Crippen molar-refractivity contribution in [1.82, 2.24) is 0 Å². The number of rotatable bonds is 6. The number of nitrogens with one attached hydrogen (secondary N) is 1. The number of likely N-dealkylation sites (N-methyl/N-ethyl adjacent to an activating group) is 1. The summed E-state index contributed by atoms with van der Waals surface area (Å²) in [5.74, 6) is 0.606. The van der Waals surface area contributed by atoms with E-state index in [0.717, 1.165) is 18.5 Å². The summed E-state index contributed by atoms with van der Waals surface area (Å²) in [4.78, 5) is 25.5. The van der Waals surface area contributed by atoms with Crippen LogP contribution < -0.4 is 15.0 Å². The quantitative estimate of drug-likeness (QED) is 0.888. The second-order valence-corrected chi connectivity index (χ2v) is 5.87. The van der Waals surface area contributed by atoms with Crippen molar-refractivity contribution in [3.05, 3.63) is 54.6 Å². The van der Waals surface area contributed by atoms with Gasteiger partial charge in [0.15, 0.2) is 6.61 Å². The van der Waals surface area contributed by atoms with Crippen molar-refractivity contribution >= 4 is 23.2 Å². The van der Waals surface area contributed by atoms with Crippen LogP contribution in [0.5, 0.6) is 5.75 Å². The summed E-state index contributed by atoms with van der Waals surface area (Å²) in [6.45, 7) is -0.0641. The molecule has 2 aromatic rings. The zero-order valence-electron chi connectivity index (χ0n) is 13.6. The first-order valence-corrected chi connectivity index (χ1v) is 7.99. The van der Waals surface area contributed by atoms with Crippen molar-refractivity contribution in [2.75, 3.05) is 23.9 Å². The predicted octanol–water partition coefficient (Wildman–Crippen LogP) is 3.08. The normalized spacial score (nSPS) is 13.2. The Morgan fingerprint density at radius 3 is 2.58 bits per heavy atom. The molecule has 0 heterocycles. The van der Waals surface area contributed by atoms with Gasteiger partial charge in [-0.1, -0.05) is 24.3 Å². The molecule has 124 valence electrons. The number of hydrogen-bond acceptors (Lipinski definition) is 3. The Morgan fingerprint density at radius 2 is 1.88 bits per heavy atom. The highest BCUT2D eigenvalue weighted by molar-refractivity contribution is 5.94. The van der Waals surface area contributed by atoms with E-state index in [9.17, 15) is 9.59 Å². The topological polar surface area (TPSA) is 58.6 Å². The summed E-state index contributed by atoms with van der Waals surface area (Å²) in [7, 11) is 1.72. The van der Waals surface area contributed by atoms with Gasteiger partial charge in [-0.15, -0.1) is 0 Å². The molecular formula is C19H20N2O3. The molecule has 0 radical (unpaired) electrons.